The molecule has 1 saturated carbocycles. The van der Waals surface area contributed by atoms with Gasteiger partial charge < -0.3 is 9.26 Å². The fourth-order valence-electron chi connectivity index (χ4n) is 2.06. The third-order valence-corrected chi connectivity index (χ3v) is 3.35. The Hall–Kier alpha value is -2.77. The molecule has 1 fully saturated rings. The Morgan fingerprint density at radius 3 is 2.71 bits per heavy atom. The van der Waals surface area contributed by atoms with Gasteiger partial charge in [-0.05, 0) is 12.1 Å². The van der Waals surface area contributed by atoms with Crippen molar-refractivity contribution in [2.75, 3.05) is 7.11 Å². The highest BCUT2D eigenvalue weighted by Crippen LogP contribution is 2.42. The minimum atomic E-state index is -0.625. The summed E-state index contributed by atoms with van der Waals surface area (Å²) >= 11 is 0. The van der Waals surface area contributed by atoms with Gasteiger partial charge in [-0.1, -0.05) is 17.3 Å². The average molecular weight is 289 g/mol. The van der Waals surface area contributed by atoms with Gasteiger partial charge in [0.15, 0.2) is 0 Å². The van der Waals surface area contributed by atoms with E-state index in [1.807, 2.05) is 0 Å². The van der Waals surface area contributed by atoms with Crippen LogP contribution in [0.1, 0.15) is 28.6 Å². The van der Waals surface area contributed by atoms with Gasteiger partial charge in [-0.25, -0.2) is 4.79 Å². The van der Waals surface area contributed by atoms with E-state index in [0.717, 1.165) is 0 Å². The molecule has 0 spiro atoms. The predicted octanol–water partition coefficient (Wildman–Crippen LogP) is 1.66. The first kappa shape index (κ1) is 13.2. The van der Waals surface area contributed by atoms with Crippen LogP contribution in [0.4, 0.5) is 0 Å². The third-order valence-electron chi connectivity index (χ3n) is 3.35. The molecule has 2 aromatic rings. The fraction of sp³-hybridized carbons (Fsp3) is 0.308. The van der Waals surface area contributed by atoms with Gasteiger partial charge in [0.25, 0.3) is 0 Å². The molecule has 8 nitrogen and oxygen atoms in total. The molecule has 1 aliphatic carbocycles. The highest BCUT2D eigenvalue weighted by molar-refractivity contribution is 5.89. The Labute approximate surface area is 118 Å². The van der Waals surface area contributed by atoms with Gasteiger partial charge in [-0.15, -0.1) is 0 Å². The average Bonchev–Trinajstić information content (AvgIpc) is 3.17. The second-order valence-electron chi connectivity index (χ2n) is 4.72. The number of esters is 1. The zero-order valence-corrected chi connectivity index (χ0v) is 11.1. The van der Waals surface area contributed by atoms with Crippen molar-refractivity contribution in [2.24, 2.45) is 0 Å². The number of hydrogen-bond donors (Lipinski definition) is 0. The molecule has 0 saturated heterocycles. The van der Waals surface area contributed by atoms with Crippen LogP contribution >= 0.6 is 0 Å². The zero-order chi connectivity index (χ0) is 15.0. The summed E-state index contributed by atoms with van der Waals surface area (Å²) in [4.78, 5) is 25.8. The Morgan fingerprint density at radius 1 is 1.43 bits per heavy atom. The molecule has 21 heavy (non-hydrogen) atoms. The van der Waals surface area contributed by atoms with Gasteiger partial charge in [0.05, 0.1) is 12.7 Å². The van der Waals surface area contributed by atoms with E-state index in [0.29, 0.717) is 23.4 Å². The number of carbonyl (C=O) groups excluding carboxylic acids is 1. The summed E-state index contributed by atoms with van der Waals surface area (Å²) in [6.07, 6.45) is 0.426. The molecule has 1 heterocycles. The molecule has 3 rings (SSSR count). The maximum absolute atomic E-state index is 11.3. The number of rotatable bonds is 4. The van der Waals surface area contributed by atoms with Gasteiger partial charge in [0.2, 0.25) is 17.8 Å². The zero-order valence-electron chi connectivity index (χ0n) is 11.1. The molecule has 0 bridgehead atoms. The molecule has 0 aliphatic heterocycles. The molecule has 0 amide bonds. The maximum Gasteiger partial charge on any atom is 0.337 e. The highest BCUT2D eigenvalue weighted by atomic mass is 16.6. The molecule has 1 aliphatic rings. The van der Waals surface area contributed by atoms with Crippen molar-refractivity contribution in [1.29, 1.82) is 0 Å². The van der Waals surface area contributed by atoms with Crippen LogP contribution in [0, 0.1) is 10.1 Å². The first-order valence-electron chi connectivity index (χ1n) is 6.26. The lowest BCUT2D eigenvalue weighted by Gasteiger charge is -1.99. The van der Waals surface area contributed by atoms with E-state index in [1.165, 1.54) is 7.11 Å². The SMILES string of the molecule is COC(=O)c1ccc(-c2noc([C@@H]3C[C@@H]3[N+](=O)[O-])n2)cc1. The number of benzene rings is 1. The summed E-state index contributed by atoms with van der Waals surface area (Å²) in [5.41, 5.74) is 1.08. The monoisotopic (exact) mass is 289 g/mol. The Balaban J connectivity index is 1.77. The number of aromatic nitrogens is 2. The third kappa shape index (κ3) is 2.47. The maximum atomic E-state index is 11.3. The van der Waals surface area contributed by atoms with Crippen LogP contribution in [0.3, 0.4) is 0 Å². The molecule has 1 aromatic heterocycles. The van der Waals surface area contributed by atoms with Crippen LogP contribution in [-0.2, 0) is 4.74 Å². The van der Waals surface area contributed by atoms with Crippen LogP contribution in [-0.4, -0.2) is 34.2 Å². The number of ether oxygens (including phenoxy) is 1. The molecule has 0 N–H and O–H groups in total. The van der Waals surface area contributed by atoms with Gasteiger partial charge in [-0.3, -0.25) is 10.1 Å². The van der Waals surface area contributed by atoms with Crippen LogP contribution in [0.15, 0.2) is 28.8 Å². The molecular weight excluding hydrogens is 278 g/mol. The largest absolute Gasteiger partial charge is 0.465 e. The summed E-state index contributed by atoms with van der Waals surface area (Å²) in [6, 6.07) is 5.89. The Kier molecular flexibility index (Phi) is 3.13. The van der Waals surface area contributed by atoms with Crippen molar-refractivity contribution in [1.82, 2.24) is 10.1 Å². The van der Waals surface area contributed by atoms with Crippen molar-refractivity contribution in [3.05, 3.63) is 45.8 Å². The number of methoxy groups -OCH3 is 1. The van der Waals surface area contributed by atoms with Crippen LogP contribution < -0.4 is 0 Å². The highest BCUT2D eigenvalue weighted by Gasteiger charge is 2.53. The van der Waals surface area contributed by atoms with Crippen molar-refractivity contribution < 1.29 is 19.0 Å². The molecule has 2 atom stereocenters. The van der Waals surface area contributed by atoms with Gasteiger partial charge in [-0.2, -0.15) is 4.98 Å². The number of nitrogens with zero attached hydrogens (tertiary/aromatic N) is 3. The Bertz CT molecular complexity index is 694. The van der Waals surface area contributed by atoms with E-state index in [2.05, 4.69) is 14.9 Å². The number of carbonyl (C=O) groups is 1. The first-order chi connectivity index (χ1) is 10.1. The fourth-order valence-corrected chi connectivity index (χ4v) is 2.06. The Morgan fingerprint density at radius 2 is 2.14 bits per heavy atom. The predicted molar refractivity (Wildman–Crippen MR) is 69.2 cm³/mol. The van der Waals surface area contributed by atoms with E-state index in [-0.39, 0.29) is 16.7 Å². The summed E-state index contributed by atoms with van der Waals surface area (Å²) in [5, 5.41) is 14.4. The quantitative estimate of drug-likeness (QED) is 0.478. The smallest absolute Gasteiger partial charge is 0.337 e. The van der Waals surface area contributed by atoms with Crippen molar-refractivity contribution in [3.63, 3.8) is 0 Å². The van der Waals surface area contributed by atoms with Gasteiger partial charge in [0.1, 0.15) is 5.92 Å². The minimum Gasteiger partial charge on any atom is -0.465 e. The van der Waals surface area contributed by atoms with E-state index in [1.54, 1.807) is 24.3 Å². The lowest BCUT2D eigenvalue weighted by atomic mass is 10.1. The molecule has 0 radical (unpaired) electrons. The number of hydrogen-bond acceptors (Lipinski definition) is 7. The van der Waals surface area contributed by atoms with Gasteiger partial charge in [0, 0.05) is 16.9 Å². The summed E-state index contributed by atoms with van der Waals surface area (Å²) in [5.74, 6) is -0.100. The molecule has 8 heteroatoms. The standard InChI is InChI=1S/C13H11N3O5/c1-20-13(17)8-4-2-7(3-5-8)11-14-12(21-15-11)9-6-10(9)16(18)19/h2-5,9-10H,6H2,1H3/t9-,10+/m1/s1. The topological polar surface area (TPSA) is 108 Å². The van der Waals surface area contributed by atoms with Crippen molar-refractivity contribution in [3.8, 4) is 11.4 Å². The summed E-state index contributed by atoms with van der Waals surface area (Å²) in [7, 11) is 1.31. The van der Waals surface area contributed by atoms with E-state index < -0.39 is 12.0 Å². The first-order valence-corrected chi connectivity index (χ1v) is 6.26. The minimum absolute atomic E-state index is 0.281. The van der Waals surface area contributed by atoms with Crippen LogP contribution in [0.25, 0.3) is 11.4 Å². The number of nitro groups is 1. The molecule has 0 unspecified atom stereocenters. The van der Waals surface area contributed by atoms with E-state index in [9.17, 15) is 14.9 Å². The van der Waals surface area contributed by atoms with E-state index >= 15 is 0 Å². The summed E-state index contributed by atoms with van der Waals surface area (Å²) < 4.78 is 9.67. The molecule has 1 aromatic carbocycles. The van der Waals surface area contributed by atoms with Gasteiger partial charge >= 0.3 is 5.97 Å². The van der Waals surface area contributed by atoms with Crippen LogP contribution in [0.5, 0.6) is 0 Å². The van der Waals surface area contributed by atoms with E-state index in [4.69, 9.17) is 4.52 Å². The van der Waals surface area contributed by atoms with Crippen LogP contribution in [0.2, 0.25) is 0 Å². The molecular formula is C13H11N3O5. The summed E-state index contributed by atoms with van der Waals surface area (Å²) in [6.45, 7) is 0. The lowest BCUT2D eigenvalue weighted by molar-refractivity contribution is -0.496. The normalized spacial score (nSPS) is 20.0. The van der Waals surface area contributed by atoms with Crippen molar-refractivity contribution in [2.45, 2.75) is 18.4 Å². The van der Waals surface area contributed by atoms with Crippen molar-refractivity contribution >= 4 is 5.97 Å². The lowest BCUT2D eigenvalue weighted by Crippen LogP contribution is -2.02. The molecule has 108 valence electrons. The second kappa shape index (κ2) is 4.97. The second-order valence-corrected chi connectivity index (χ2v) is 4.72.